The summed E-state index contributed by atoms with van der Waals surface area (Å²) < 4.78 is 14.9. The summed E-state index contributed by atoms with van der Waals surface area (Å²) in [5.74, 6) is -0.255. The number of carbonyl (C=O) groups is 1. The first-order valence-corrected chi connectivity index (χ1v) is 10.1. The van der Waals surface area contributed by atoms with Crippen molar-refractivity contribution >= 4 is 40.5 Å². The highest BCUT2D eigenvalue weighted by Crippen LogP contribution is 2.27. The van der Waals surface area contributed by atoms with Crippen LogP contribution >= 0.6 is 23.4 Å². The van der Waals surface area contributed by atoms with Crippen molar-refractivity contribution in [1.82, 2.24) is 14.6 Å². The average Bonchev–Trinajstić information content (AvgIpc) is 3.14. The third-order valence-electron chi connectivity index (χ3n) is 4.31. The van der Waals surface area contributed by atoms with Crippen LogP contribution in [0.5, 0.6) is 0 Å². The number of hydrogen-bond acceptors (Lipinski definition) is 4. The topological polar surface area (TPSA) is 59.3 Å². The Kier molecular flexibility index (Phi) is 5.51. The molecule has 29 heavy (non-hydrogen) atoms. The minimum Gasteiger partial charge on any atom is -0.325 e. The number of aryl methyl sites for hydroxylation is 1. The molecule has 0 atom stereocenters. The Morgan fingerprint density at radius 1 is 1.21 bits per heavy atom. The Hall–Kier alpha value is -2.90. The molecule has 2 aromatic carbocycles. The third kappa shape index (κ3) is 4.41. The molecule has 1 amide bonds. The second-order valence-corrected chi connectivity index (χ2v) is 7.80. The summed E-state index contributed by atoms with van der Waals surface area (Å²) >= 11 is 7.32. The van der Waals surface area contributed by atoms with Gasteiger partial charge < -0.3 is 5.32 Å². The largest absolute Gasteiger partial charge is 0.325 e. The van der Waals surface area contributed by atoms with Crippen LogP contribution in [0.1, 0.15) is 5.56 Å². The maximum absolute atomic E-state index is 13.2. The van der Waals surface area contributed by atoms with Crippen molar-refractivity contribution < 1.29 is 9.18 Å². The summed E-state index contributed by atoms with van der Waals surface area (Å²) in [5, 5.41) is 8.64. The lowest BCUT2D eigenvalue weighted by molar-refractivity contribution is -0.113. The van der Waals surface area contributed by atoms with E-state index in [9.17, 15) is 9.18 Å². The number of nitrogens with one attached hydrogen (secondary N) is 1. The molecule has 4 rings (SSSR count). The molecule has 8 heteroatoms. The number of nitrogens with zero attached hydrogens (tertiary/aromatic N) is 3. The van der Waals surface area contributed by atoms with Gasteiger partial charge in [0.1, 0.15) is 10.8 Å². The van der Waals surface area contributed by atoms with Crippen LogP contribution in [0.4, 0.5) is 10.1 Å². The number of hydrogen-bond donors (Lipinski definition) is 1. The Bertz CT molecular complexity index is 1190. The molecule has 5 nitrogen and oxygen atoms in total. The van der Waals surface area contributed by atoms with Gasteiger partial charge in [0.15, 0.2) is 0 Å². The quantitative estimate of drug-likeness (QED) is 0.444. The molecule has 2 heterocycles. The number of thioether (sulfide) groups is 1. The van der Waals surface area contributed by atoms with E-state index in [0.29, 0.717) is 21.4 Å². The fourth-order valence-electron chi connectivity index (χ4n) is 2.82. The van der Waals surface area contributed by atoms with Crippen LogP contribution in [-0.4, -0.2) is 26.3 Å². The molecule has 146 valence electrons. The summed E-state index contributed by atoms with van der Waals surface area (Å²) in [4.78, 5) is 16.8. The van der Waals surface area contributed by atoms with Gasteiger partial charge in [0, 0.05) is 28.7 Å². The van der Waals surface area contributed by atoms with Crippen LogP contribution in [0.25, 0.3) is 16.8 Å². The number of carbonyl (C=O) groups excluding carboxylic acids is 1. The fourth-order valence-corrected chi connectivity index (χ4v) is 3.77. The summed E-state index contributed by atoms with van der Waals surface area (Å²) in [6.45, 7) is 1.91. The van der Waals surface area contributed by atoms with Gasteiger partial charge in [-0.05, 0) is 55.0 Å². The molecular weight excluding hydrogens is 411 g/mol. The minimum absolute atomic E-state index is 0.151. The van der Waals surface area contributed by atoms with E-state index in [1.165, 1.54) is 23.9 Å². The molecular formula is C21H16ClFN4OS. The van der Waals surface area contributed by atoms with E-state index in [-0.39, 0.29) is 17.5 Å². The van der Waals surface area contributed by atoms with Crippen LogP contribution in [0.15, 0.2) is 66.0 Å². The van der Waals surface area contributed by atoms with Gasteiger partial charge in [-0.15, -0.1) is 0 Å². The van der Waals surface area contributed by atoms with E-state index >= 15 is 0 Å². The van der Waals surface area contributed by atoms with E-state index in [4.69, 9.17) is 11.6 Å². The van der Waals surface area contributed by atoms with Crippen molar-refractivity contribution in [2.75, 3.05) is 11.1 Å². The summed E-state index contributed by atoms with van der Waals surface area (Å²) in [7, 11) is 0. The predicted octanol–water partition coefficient (Wildman–Crippen LogP) is 5.23. The lowest BCUT2D eigenvalue weighted by atomic mass is 10.1. The monoisotopic (exact) mass is 426 g/mol. The van der Waals surface area contributed by atoms with E-state index in [1.807, 2.05) is 19.1 Å². The SMILES string of the molecule is Cc1ccc(Cl)cc1NC(=O)CSc1nccn2nc(-c3ccc(F)cc3)cc12. The zero-order valence-electron chi connectivity index (χ0n) is 15.4. The molecule has 0 aliphatic rings. The molecule has 0 saturated carbocycles. The molecule has 0 spiro atoms. The van der Waals surface area contributed by atoms with Crippen LogP contribution in [0.2, 0.25) is 5.02 Å². The van der Waals surface area contributed by atoms with Crippen molar-refractivity contribution in [2.45, 2.75) is 11.9 Å². The predicted molar refractivity (Wildman–Crippen MR) is 114 cm³/mol. The molecule has 4 aromatic rings. The second-order valence-electron chi connectivity index (χ2n) is 6.39. The van der Waals surface area contributed by atoms with Gasteiger partial charge in [-0.2, -0.15) is 5.10 Å². The number of benzene rings is 2. The van der Waals surface area contributed by atoms with Gasteiger partial charge in [-0.1, -0.05) is 29.4 Å². The van der Waals surface area contributed by atoms with Crippen LogP contribution in [-0.2, 0) is 4.79 Å². The molecule has 1 N–H and O–H groups in total. The smallest absolute Gasteiger partial charge is 0.234 e. The summed E-state index contributed by atoms with van der Waals surface area (Å²) in [5.41, 5.74) is 3.92. The molecule has 0 saturated heterocycles. The Labute approximate surface area is 175 Å². The lowest BCUT2D eigenvalue weighted by Gasteiger charge is -2.08. The molecule has 0 radical (unpaired) electrons. The maximum atomic E-state index is 13.2. The van der Waals surface area contributed by atoms with Crippen molar-refractivity contribution in [1.29, 1.82) is 0 Å². The Morgan fingerprint density at radius 3 is 2.79 bits per heavy atom. The van der Waals surface area contributed by atoms with E-state index in [1.54, 1.807) is 41.2 Å². The zero-order chi connectivity index (χ0) is 20.4. The van der Waals surface area contributed by atoms with E-state index in [0.717, 1.165) is 16.6 Å². The van der Waals surface area contributed by atoms with Crippen LogP contribution in [0.3, 0.4) is 0 Å². The van der Waals surface area contributed by atoms with Gasteiger partial charge in [-0.25, -0.2) is 13.9 Å². The van der Waals surface area contributed by atoms with Crippen molar-refractivity contribution in [3.8, 4) is 11.3 Å². The number of halogens is 2. The number of amides is 1. The van der Waals surface area contributed by atoms with Gasteiger partial charge in [0.05, 0.1) is 17.0 Å². The molecule has 0 fully saturated rings. The van der Waals surface area contributed by atoms with Gasteiger partial charge in [0.2, 0.25) is 5.91 Å². The second kappa shape index (κ2) is 8.23. The van der Waals surface area contributed by atoms with Crippen molar-refractivity contribution in [2.24, 2.45) is 0 Å². The standard InChI is InChI=1S/C21H16ClFN4OS/c1-13-2-5-15(22)10-17(13)25-20(28)12-29-21-19-11-18(26-27(19)9-8-24-21)14-3-6-16(23)7-4-14/h2-11H,12H2,1H3,(H,25,28). The lowest BCUT2D eigenvalue weighted by Crippen LogP contribution is -2.15. The number of aromatic nitrogens is 3. The highest BCUT2D eigenvalue weighted by atomic mass is 35.5. The first-order chi connectivity index (χ1) is 14.0. The Balaban J connectivity index is 1.51. The van der Waals surface area contributed by atoms with Crippen LogP contribution in [0, 0.1) is 12.7 Å². The summed E-state index contributed by atoms with van der Waals surface area (Å²) in [6, 6.07) is 13.4. The zero-order valence-corrected chi connectivity index (χ0v) is 17.0. The number of fused-ring (bicyclic) bond motifs is 1. The highest BCUT2D eigenvalue weighted by Gasteiger charge is 2.12. The normalized spacial score (nSPS) is 11.0. The van der Waals surface area contributed by atoms with Crippen molar-refractivity contribution in [3.63, 3.8) is 0 Å². The first-order valence-electron chi connectivity index (χ1n) is 8.79. The molecule has 0 unspecified atom stereocenters. The van der Waals surface area contributed by atoms with E-state index < -0.39 is 0 Å². The number of rotatable bonds is 5. The number of anilines is 1. The molecule has 2 aromatic heterocycles. The minimum atomic E-state index is -0.295. The van der Waals surface area contributed by atoms with Crippen molar-refractivity contribution in [3.05, 3.63) is 77.3 Å². The van der Waals surface area contributed by atoms with Crippen LogP contribution < -0.4 is 5.32 Å². The Morgan fingerprint density at radius 2 is 2.00 bits per heavy atom. The molecule has 0 bridgehead atoms. The average molecular weight is 427 g/mol. The van der Waals surface area contributed by atoms with Gasteiger partial charge in [0.25, 0.3) is 0 Å². The molecule has 0 aliphatic heterocycles. The van der Waals surface area contributed by atoms with E-state index in [2.05, 4.69) is 15.4 Å². The fraction of sp³-hybridized carbons (Fsp3) is 0.0952. The highest BCUT2D eigenvalue weighted by molar-refractivity contribution is 8.00. The third-order valence-corrected chi connectivity index (χ3v) is 5.54. The maximum Gasteiger partial charge on any atom is 0.234 e. The first kappa shape index (κ1) is 19.4. The van der Waals surface area contributed by atoms with Gasteiger partial charge >= 0.3 is 0 Å². The van der Waals surface area contributed by atoms with Gasteiger partial charge in [-0.3, -0.25) is 4.79 Å². The summed E-state index contributed by atoms with van der Waals surface area (Å²) in [6.07, 6.45) is 3.37. The molecule has 0 aliphatic carbocycles.